The van der Waals surface area contributed by atoms with Crippen molar-refractivity contribution in [3.63, 3.8) is 0 Å². The van der Waals surface area contributed by atoms with Gasteiger partial charge in [0.25, 0.3) is 11.1 Å². The van der Waals surface area contributed by atoms with Crippen LogP contribution in [0.5, 0.6) is 0 Å². The lowest BCUT2D eigenvalue weighted by molar-refractivity contribution is -0.113. The number of hydrogen-bond donors (Lipinski definition) is 1. The Morgan fingerprint density at radius 2 is 1.82 bits per heavy atom. The van der Waals surface area contributed by atoms with Gasteiger partial charge in [-0.3, -0.25) is 9.59 Å². The highest BCUT2D eigenvalue weighted by Crippen LogP contribution is 2.23. The summed E-state index contributed by atoms with van der Waals surface area (Å²) in [4.78, 5) is 29.2. The molecule has 1 saturated heterocycles. The molecule has 1 aromatic heterocycles. The van der Waals surface area contributed by atoms with E-state index in [-0.39, 0.29) is 23.5 Å². The van der Waals surface area contributed by atoms with Gasteiger partial charge in [-0.05, 0) is 42.5 Å². The Morgan fingerprint density at radius 3 is 2.47 bits per heavy atom. The van der Waals surface area contributed by atoms with E-state index in [2.05, 4.69) is 36.3 Å². The third kappa shape index (κ3) is 6.18. The summed E-state index contributed by atoms with van der Waals surface area (Å²) in [5.74, 6) is 0.829. The first-order chi connectivity index (χ1) is 16.4. The summed E-state index contributed by atoms with van der Waals surface area (Å²) in [6, 6.07) is 15.2. The van der Waals surface area contributed by atoms with E-state index in [4.69, 9.17) is 4.42 Å². The van der Waals surface area contributed by atoms with Crippen molar-refractivity contribution < 1.29 is 14.0 Å². The summed E-state index contributed by atoms with van der Waals surface area (Å²) in [6.45, 7) is 6.78. The molecule has 2 amide bonds. The van der Waals surface area contributed by atoms with Gasteiger partial charge in [-0.25, -0.2) is 0 Å². The fourth-order valence-corrected chi connectivity index (χ4v) is 4.53. The molecule has 1 aliphatic heterocycles. The number of rotatable bonds is 7. The van der Waals surface area contributed by atoms with E-state index in [1.54, 1.807) is 0 Å². The van der Waals surface area contributed by atoms with Gasteiger partial charge < -0.3 is 19.5 Å². The summed E-state index contributed by atoms with van der Waals surface area (Å²) < 4.78 is 6.41. The standard InChI is InChI=1S/C24H26BrN5O3S/c1-16(2)22-27-28-24(33-22)34-15-21(31)26-19-6-8-20(9-7-19)29-10-12-30(13-11-29)23(32)17-4-3-5-18(25)14-17/h3-9,14,16H,10-13,15H2,1-2H3,(H,26,31). The minimum absolute atomic E-state index is 0.0536. The minimum Gasteiger partial charge on any atom is -0.416 e. The molecular weight excluding hydrogens is 518 g/mol. The van der Waals surface area contributed by atoms with E-state index in [1.165, 1.54) is 11.8 Å². The van der Waals surface area contributed by atoms with Crippen LogP contribution in [0.3, 0.4) is 0 Å². The number of piperazine rings is 1. The van der Waals surface area contributed by atoms with Gasteiger partial charge in [0.1, 0.15) is 0 Å². The van der Waals surface area contributed by atoms with Crippen LogP contribution in [-0.4, -0.2) is 58.8 Å². The summed E-state index contributed by atoms with van der Waals surface area (Å²) in [6.07, 6.45) is 0. The predicted molar refractivity (Wildman–Crippen MR) is 136 cm³/mol. The first kappa shape index (κ1) is 24.3. The van der Waals surface area contributed by atoms with E-state index in [1.807, 2.05) is 67.3 Å². The lowest BCUT2D eigenvalue weighted by atomic mass is 10.1. The molecule has 0 atom stereocenters. The van der Waals surface area contributed by atoms with E-state index in [0.29, 0.717) is 29.8 Å². The molecule has 0 radical (unpaired) electrons. The van der Waals surface area contributed by atoms with Gasteiger partial charge in [0.15, 0.2) is 0 Å². The van der Waals surface area contributed by atoms with Crippen LogP contribution in [0.25, 0.3) is 0 Å². The second-order valence-electron chi connectivity index (χ2n) is 8.23. The Balaban J connectivity index is 1.25. The Kier molecular flexibility index (Phi) is 7.89. The number of aromatic nitrogens is 2. The van der Waals surface area contributed by atoms with Crippen molar-refractivity contribution >= 4 is 50.9 Å². The van der Waals surface area contributed by atoms with Crippen LogP contribution in [0.15, 0.2) is 62.6 Å². The van der Waals surface area contributed by atoms with Crippen molar-refractivity contribution in [3.8, 4) is 0 Å². The first-order valence-corrected chi connectivity index (χ1v) is 12.8. The SMILES string of the molecule is CC(C)c1nnc(SCC(=O)Nc2ccc(N3CCN(C(=O)c4cccc(Br)c4)CC3)cc2)o1. The molecule has 3 aromatic rings. The van der Waals surface area contributed by atoms with Crippen LogP contribution < -0.4 is 10.2 Å². The molecule has 8 nitrogen and oxygen atoms in total. The van der Waals surface area contributed by atoms with Crippen LogP contribution in [0.4, 0.5) is 11.4 Å². The molecule has 1 fully saturated rings. The molecule has 2 aromatic carbocycles. The van der Waals surface area contributed by atoms with Gasteiger partial charge in [0.05, 0.1) is 5.75 Å². The number of carbonyl (C=O) groups excluding carboxylic acids is 2. The van der Waals surface area contributed by atoms with Crippen LogP contribution in [0.2, 0.25) is 0 Å². The Bertz CT molecular complexity index is 1140. The Morgan fingerprint density at radius 1 is 1.09 bits per heavy atom. The third-order valence-electron chi connectivity index (χ3n) is 5.40. The summed E-state index contributed by atoms with van der Waals surface area (Å²) in [7, 11) is 0. The van der Waals surface area contributed by atoms with Gasteiger partial charge >= 0.3 is 0 Å². The smallest absolute Gasteiger partial charge is 0.277 e. The highest BCUT2D eigenvalue weighted by molar-refractivity contribution is 9.10. The molecule has 1 N–H and O–H groups in total. The van der Waals surface area contributed by atoms with Gasteiger partial charge in [0.2, 0.25) is 11.8 Å². The lowest BCUT2D eigenvalue weighted by Gasteiger charge is -2.36. The zero-order chi connectivity index (χ0) is 24.1. The molecule has 2 heterocycles. The number of nitrogens with one attached hydrogen (secondary N) is 1. The van der Waals surface area contributed by atoms with Crippen molar-refractivity contribution in [3.05, 3.63) is 64.5 Å². The number of carbonyl (C=O) groups is 2. The number of nitrogens with zero attached hydrogens (tertiary/aromatic N) is 4. The van der Waals surface area contributed by atoms with E-state index < -0.39 is 0 Å². The number of halogens is 1. The molecule has 0 spiro atoms. The fraction of sp³-hybridized carbons (Fsp3) is 0.333. The van der Waals surface area contributed by atoms with Gasteiger partial charge in [0, 0.05) is 53.5 Å². The molecule has 0 bridgehead atoms. The molecule has 0 aliphatic carbocycles. The maximum atomic E-state index is 12.7. The van der Waals surface area contributed by atoms with E-state index in [0.717, 1.165) is 28.9 Å². The molecule has 4 rings (SSSR count). The number of thioether (sulfide) groups is 1. The lowest BCUT2D eigenvalue weighted by Crippen LogP contribution is -2.48. The topological polar surface area (TPSA) is 91.6 Å². The van der Waals surface area contributed by atoms with Crippen molar-refractivity contribution in [1.29, 1.82) is 0 Å². The average molecular weight is 544 g/mol. The zero-order valence-electron chi connectivity index (χ0n) is 19.0. The molecular formula is C24H26BrN5O3S. The van der Waals surface area contributed by atoms with Gasteiger partial charge in [-0.1, -0.05) is 47.6 Å². The summed E-state index contributed by atoms with van der Waals surface area (Å²) >= 11 is 4.64. The van der Waals surface area contributed by atoms with Gasteiger partial charge in [-0.2, -0.15) is 0 Å². The van der Waals surface area contributed by atoms with Crippen molar-refractivity contribution in [2.24, 2.45) is 0 Å². The maximum absolute atomic E-state index is 12.7. The molecule has 1 aliphatic rings. The monoisotopic (exact) mass is 543 g/mol. The second-order valence-corrected chi connectivity index (χ2v) is 10.1. The Hall–Kier alpha value is -2.85. The molecule has 0 unspecified atom stereocenters. The highest BCUT2D eigenvalue weighted by atomic mass is 79.9. The maximum Gasteiger partial charge on any atom is 0.277 e. The van der Waals surface area contributed by atoms with Crippen LogP contribution in [0.1, 0.15) is 36.0 Å². The quantitative estimate of drug-likeness (QED) is 0.433. The number of benzene rings is 2. The fourth-order valence-electron chi connectivity index (χ4n) is 3.56. The summed E-state index contributed by atoms with van der Waals surface area (Å²) in [5, 5.41) is 11.2. The van der Waals surface area contributed by atoms with E-state index in [9.17, 15) is 9.59 Å². The van der Waals surface area contributed by atoms with Crippen LogP contribution in [-0.2, 0) is 4.79 Å². The molecule has 178 valence electrons. The molecule has 0 saturated carbocycles. The van der Waals surface area contributed by atoms with Crippen molar-refractivity contribution in [2.75, 3.05) is 42.1 Å². The second kappa shape index (κ2) is 11.1. The first-order valence-electron chi connectivity index (χ1n) is 11.0. The predicted octanol–water partition coefficient (Wildman–Crippen LogP) is 4.65. The number of anilines is 2. The normalized spacial score (nSPS) is 13.9. The van der Waals surface area contributed by atoms with Gasteiger partial charge in [-0.15, -0.1) is 10.2 Å². The van der Waals surface area contributed by atoms with Crippen LogP contribution in [0, 0.1) is 0 Å². The third-order valence-corrected chi connectivity index (χ3v) is 6.71. The zero-order valence-corrected chi connectivity index (χ0v) is 21.4. The molecule has 10 heteroatoms. The number of hydrogen-bond acceptors (Lipinski definition) is 7. The number of amides is 2. The van der Waals surface area contributed by atoms with Crippen molar-refractivity contribution in [2.45, 2.75) is 25.0 Å². The Labute approximate surface area is 211 Å². The average Bonchev–Trinajstić information content (AvgIpc) is 3.33. The van der Waals surface area contributed by atoms with Crippen molar-refractivity contribution in [1.82, 2.24) is 15.1 Å². The minimum atomic E-state index is -0.137. The largest absolute Gasteiger partial charge is 0.416 e. The molecule has 34 heavy (non-hydrogen) atoms. The van der Waals surface area contributed by atoms with Crippen LogP contribution >= 0.6 is 27.7 Å². The summed E-state index contributed by atoms with van der Waals surface area (Å²) in [5.41, 5.74) is 2.49. The highest BCUT2D eigenvalue weighted by Gasteiger charge is 2.22. The van der Waals surface area contributed by atoms with E-state index >= 15 is 0 Å².